The van der Waals surface area contributed by atoms with Crippen molar-refractivity contribution in [1.82, 2.24) is 0 Å². The van der Waals surface area contributed by atoms with Crippen molar-refractivity contribution in [2.24, 2.45) is 0 Å². The fraction of sp³-hybridized carbons (Fsp3) is 0.222. The molecule has 1 aliphatic heterocycles. The average molecular weight is 310 g/mol. The summed E-state index contributed by atoms with van der Waals surface area (Å²) in [7, 11) is 0. The van der Waals surface area contributed by atoms with Crippen LogP contribution in [0, 0.1) is 13.8 Å². The summed E-state index contributed by atoms with van der Waals surface area (Å²) in [4.78, 5) is 23.5. The lowest BCUT2D eigenvalue weighted by Crippen LogP contribution is -2.25. The van der Waals surface area contributed by atoms with Gasteiger partial charge in [0.15, 0.2) is 6.61 Å². The van der Waals surface area contributed by atoms with Gasteiger partial charge in [-0.25, -0.2) is 0 Å². The Hall–Kier alpha value is -2.82. The van der Waals surface area contributed by atoms with E-state index >= 15 is 0 Å². The zero-order valence-electron chi connectivity index (χ0n) is 13.1. The number of anilines is 2. The van der Waals surface area contributed by atoms with E-state index < -0.39 is 0 Å². The zero-order chi connectivity index (χ0) is 16.4. The minimum Gasteiger partial charge on any atom is -0.482 e. The van der Waals surface area contributed by atoms with Gasteiger partial charge in [0.25, 0.3) is 5.91 Å². The summed E-state index contributed by atoms with van der Waals surface area (Å²) in [6.07, 6.45) is 0.232. The van der Waals surface area contributed by atoms with Crippen molar-refractivity contribution < 1.29 is 14.3 Å². The van der Waals surface area contributed by atoms with Crippen LogP contribution in [0.4, 0.5) is 11.4 Å². The van der Waals surface area contributed by atoms with Gasteiger partial charge in [-0.2, -0.15) is 0 Å². The first-order chi connectivity index (χ1) is 11.0. The summed E-state index contributed by atoms with van der Waals surface area (Å²) in [5.41, 5.74) is 4.53. The van der Waals surface area contributed by atoms with Crippen LogP contribution in [0.15, 0.2) is 36.4 Å². The predicted octanol–water partition coefficient (Wildman–Crippen LogP) is 2.82. The van der Waals surface area contributed by atoms with E-state index in [1.54, 1.807) is 12.1 Å². The first kappa shape index (κ1) is 15.1. The van der Waals surface area contributed by atoms with Crippen molar-refractivity contribution in [3.8, 4) is 5.75 Å². The normalized spacial score (nSPS) is 12.9. The molecule has 0 radical (unpaired) electrons. The number of benzene rings is 2. The third kappa shape index (κ3) is 3.51. The van der Waals surface area contributed by atoms with E-state index in [1.165, 1.54) is 5.56 Å². The van der Waals surface area contributed by atoms with Crippen LogP contribution in [0.2, 0.25) is 0 Å². The second kappa shape index (κ2) is 6.12. The highest BCUT2D eigenvalue weighted by molar-refractivity contribution is 5.96. The van der Waals surface area contributed by atoms with Gasteiger partial charge in [0, 0.05) is 5.69 Å². The van der Waals surface area contributed by atoms with E-state index in [9.17, 15) is 9.59 Å². The molecule has 118 valence electrons. The highest BCUT2D eigenvalue weighted by Crippen LogP contribution is 2.28. The molecule has 0 atom stereocenters. The van der Waals surface area contributed by atoms with Gasteiger partial charge in [0.05, 0.1) is 12.1 Å². The van der Waals surface area contributed by atoms with E-state index in [0.717, 1.165) is 16.8 Å². The number of nitrogens with one attached hydrogen (secondary N) is 2. The number of carbonyl (C=O) groups excluding carboxylic acids is 2. The van der Waals surface area contributed by atoms with Gasteiger partial charge < -0.3 is 15.4 Å². The molecule has 5 nitrogen and oxygen atoms in total. The second-order valence-electron chi connectivity index (χ2n) is 5.69. The van der Waals surface area contributed by atoms with E-state index in [-0.39, 0.29) is 24.8 Å². The van der Waals surface area contributed by atoms with E-state index in [0.29, 0.717) is 11.4 Å². The molecule has 0 unspecified atom stereocenters. The lowest BCUT2D eigenvalue weighted by atomic mass is 10.1. The first-order valence-electron chi connectivity index (χ1n) is 7.44. The van der Waals surface area contributed by atoms with Crippen LogP contribution in [0.3, 0.4) is 0 Å². The summed E-state index contributed by atoms with van der Waals surface area (Å²) in [5, 5.41) is 5.63. The van der Waals surface area contributed by atoms with E-state index in [4.69, 9.17) is 4.74 Å². The van der Waals surface area contributed by atoms with Gasteiger partial charge in [0.2, 0.25) is 5.91 Å². The minimum absolute atomic E-state index is 0.0274. The van der Waals surface area contributed by atoms with Gasteiger partial charge in [-0.1, -0.05) is 12.1 Å². The van der Waals surface area contributed by atoms with E-state index in [2.05, 4.69) is 10.6 Å². The summed E-state index contributed by atoms with van der Waals surface area (Å²) in [6, 6.07) is 11.2. The molecule has 0 aliphatic carbocycles. The third-order valence-corrected chi connectivity index (χ3v) is 3.83. The van der Waals surface area contributed by atoms with Gasteiger partial charge in [-0.15, -0.1) is 0 Å². The monoisotopic (exact) mass is 310 g/mol. The fourth-order valence-electron chi connectivity index (χ4n) is 2.45. The molecule has 2 N–H and O–H groups in total. The summed E-state index contributed by atoms with van der Waals surface area (Å²) in [6.45, 7) is 4.07. The molecule has 0 spiro atoms. The van der Waals surface area contributed by atoms with Crippen molar-refractivity contribution in [1.29, 1.82) is 0 Å². The molecule has 0 aromatic heterocycles. The van der Waals surface area contributed by atoms with Gasteiger partial charge >= 0.3 is 0 Å². The molecular formula is C18H18N2O3. The molecular weight excluding hydrogens is 292 g/mol. The standard InChI is InChI=1S/C18H18N2O3/c1-11-3-5-14(7-12(11)2)19-17(21)9-13-4-6-16-15(8-13)20-18(22)10-23-16/h3-8H,9-10H2,1-2H3,(H,19,21)(H,20,22). The average Bonchev–Trinajstić information content (AvgIpc) is 2.50. The topological polar surface area (TPSA) is 67.4 Å². The maximum absolute atomic E-state index is 12.2. The molecule has 0 fully saturated rings. The number of carbonyl (C=O) groups is 2. The molecule has 2 aromatic carbocycles. The Bertz CT molecular complexity index is 784. The summed E-state index contributed by atoms with van der Waals surface area (Å²) in [5.74, 6) is 0.341. The van der Waals surface area contributed by atoms with Crippen LogP contribution < -0.4 is 15.4 Å². The third-order valence-electron chi connectivity index (χ3n) is 3.83. The second-order valence-corrected chi connectivity index (χ2v) is 5.69. The number of aryl methyl sites for hydroxylation is 2. The number of hydrogen-bond donors (Lipinski definition) is 2. The highest BCUT2D eigenvalue weighted by atomic mass is 16.5. The smallest absolute Gasteiger partial charge is 0.262 e. The Morgan fingerprint density at radius 2 is 2.00 bits per heavy atom. The Morgan fingerprint density at radius 1 is 1.17 bits per heavy atom. The van der Waals surface area contributed by atoms with Crippen molar-refractivity contribution in [2.45, 2.75) is 20.3 Å². The number of rotatable bonds is 3. The van der Waals surface area contributed by atoms with Crippen LogP contribution in [-0.4, -0.2) is 18.4 Å². The number of ether oxygens (including phenoxy) is 1. The predicted molar refractivity (Wildman–Crippen MR) is 88.8 cm³/mol. The minimum atomic E-state index is -0.186. The van der Waals surface area contributed by atoms with Crippen LogP contribution in [0.25, 0.3) is 0 Å². The quantitative estimate of drug-likeness (QED) is 0.916. The summed E-state index contributed by atoms with van der Waals surface area (Å²) >= 11 is 0. The molecule has 1 aliphatic rings. The maximum atomic E-state index is 12.2. The molecule has 23 heavy (non-hydrogen) atoms. The number of hydrogen-bond acceptors (Lipinski definition) is 3. The van der Waals surface area contributed by atoms with Crippen molar-refractivity contribution in [3.63, 3.8) is 0 Å². The van der Waals surface area contributed by atoms with Crippen LogP contribution in [0.1, 0.15) is 16.7 Å². The Morgan fingerprint density at radius 3 is 2.78 bits per heavy atom. The van der Waals surface area contributed by atoms with Crippen LogP contribution in [-0.2, 0) is 16.0 Å². The number of amides is 2. The molecule has 5 heteroatoms. The van der Waals surface area contributed by atoms with Crippen molar-refractivity contribution >= 4 is 23.2 Å². The lowest BCUT2D eigenvalue weighted by Gasteiger charge is -2.18. The summed E-state index contributed by atoms with van der Waals surface area (Å²) < 4.78 is 5.30. The Balaban J connectivity index is 1.69. The first-order valence-corrected chi connectivity index (χ1v) is 7.44. The molecule has 2 amide bonds. The molecule has 2 aromatic rings. The lowest BCUT2D eigenvalue weighted by molar-refractivity contribution is -0.118. The van der Waals surface area contributed by atoms with Gasteiger partial charge in [-0.3, -0.25) is 9.59 Å². The molecule has 1 heterocycles. The van der Waals surface area contributed by atoms with Crippen LogP contribution in [0.5, 0.6) is 5.75 Å². The van der Waals surface area contributed by atoms with Crippen LogP contribution >= 0.6 is 0 Å². The Labute approximate surface area is 134 Å². The zero-order valence-corrected chi connectivity index (χ0v) is 13.1. The molecule has 3 rings (SSSR count). The Kier molecular flexibility index (Phi) is 4.02. The largest absolute Gasteiger partial charge is 0.482 e. The number of fused-ring (bicyclic) bond motifs is 1. The van der Waals surface area contributed by atoms with E-state index in [1.807, 2.05) is 38.1 Å². The van der Waals surface area contributed by atoms with Gasteiger partial charge in [-0.05, 0) is 54.8 Å². The van der Waals surface area contributed by atoms with Crippen molar-refractivity contribution in [3.05, 3.63) is 53.1 Å². The maximum Gasteiger partial charge on any atom is 0.262 e. The molecule has 0 bridgehead atoms. The fourth-order valence-corrected chi connectivity index (χ4v) is 2.45. The van der Waals surface area contributed by atoms with Gasteiger partial charge in [0.1, 0.15) is 5.75 Å². The van der Waals surface area contributed by atoms with Crippen molar-refractivity contribution in [2.75, 3.05) is 17.2 Å². The highest BCUT2D eigenvalue weighted by Gasteiger charge is 2.16. The molecule has 0 saturated carbocycles. The SMILES string of the molecule is Cc1ccc(NC(=O)Cc2ccc3c(c2)NC(=O)CO3)cc1C. The molecule has 0 saturated heterocycles.